The van der Waals surface area contributed by atoms with Crippen LogP contribution in [0.1, 0.15) is 23.2 Å². The van der Waals surface area contributed by atoms with Crippen LogP contribution < -0.4 is 5.32 Å². The molecule has 3 rings (SSSR count). The summed E-state index contributed by atoms with van der Waals surface area (Å²) in [5.74, 6) is 0.576. The molecule has 6 nitrogen and oxygen atoms in total. The van der Waals surface area contributed by atoms with Crippen LogP contribution in [0.25, 0.3) is 0 Å². The number of ether oxygens (including phenoxy) is 1. The first kappa shape index (κ1) is 14.8. The lowest BCUT2D eigenvalue weighted by Crippen LogP contribution is -2.30. The van der Waals surface area contributed by atoms with Crippen molar-refractivity contribution in [3.05, 3.63) is 84.3 Å². The predicted molar refractivity (Wildman–Crippen MR) is 82.3 cm³/mol. The minimum absolute atomic E-state index is 0.0655. The molecule has 23 heavy (non-hydrogen) atoms. The van der Waals surface area contributed by atoms with Gasteiger partial charge in [-0.2, -0.15) is 0 Å². The highest BCUT2D eigenvalue weighted by atomic mass is 16.6. The third-order valence-corrected chi connectivity index (χ3v) is 3.15. The van der Waals surface area contributed by atoms with Crippen LogP contribution in [0.3, 0.4) is 0 Å². The molecule has 0 aliphatic heterocycles. The number of rotatable bonds is 5. The van der Waals surface area contributed by atoms with Crippen molar-refractivity contribution in [1.29, 1.82) is 0 Å². The number of furan rings is 1. The third-order valence-electron chi connectivity index (χ3n) is 3.15. The molecule has 1 N–H and O–H groups in total. The van der Waals surface area contributed by atoms with Gasteiger partial charge < -0.3 is 14.5 Å². The molecule has 0 aliphatic carbocycles. The van der Waals surface area contributed by atoms with Crippen LogP contribution in [0.4, 0.5) is 4.79 Å². The van der Waals surface area contributed by atoms with E-state index >= 15 is 0 Å². The number of carbonyl (C=O) groups excluding carboxylic acids is 1. The van der Waals surface area contributed by atoms with Crippen LogP contribution in [0.2, 0.25) is 0 Å². The summed E-state index contributed by atoms with van der Waals surface area (Å²) in [4.78, 5) is 20.6. The van der Waals surface area contributed by atoms with Gasteiger partial charge in [-0.15, -0.1) is 0 Å². The zero-order valence-corrected chi connectivity index (χ0v) is 12.3. The van der Waals surface area contributed by atoms with Crippen LogP contribution in [-0.2, 0) is 11.3 Å². The molecule has 6 heteroatoms. The van der Waals surface area contributed by atoms with Gasteiger partial charge in [-0.1, -0.05) is 12.1 Å². The fraction of sp³-hybridized carbons (Fsp3) is 0.118. The standard InChI is InChI=1S/C17H15N3O3/c21-17(23-12-13-6-5-11-22-13)20-16(14-7-1-3-9-18-14)15-8-2-4-10-19-15/h1-11,16H,12H2,(H,20,21). The summed E-state index contributed by atoms with van der Waals surface area (Å²) in [6.07, 6.45) is 4.30. The predicted octanol–water partition coefficient (Wildman–Crippen LogP) is 3.09. The normalized spacial score (nSPS) is 10.5. The van der Waals surface area contributed by atoms with Crippen molar-refractivity contribution in [2.45, 2.75) is 12.6 Å². The number of nitrogens with zero attached hydrogens (tertiary/aromatic N) is 2. The molecule has 3 aromatic heterocycles. The largest absolute Gasteiger partial charge is 0.466 e. The van der Waals surface area contributed by atoms with Crippen molar-refractivity contribution in [3.63, 3.8) is 0 Å². The van der Waals surface area contributed by atoms with E-state index in [4.69, 9.17) is 9.15 Å². The van der Waals surface area contributed by atoms with E-state index in [-0.39, 0.29) is 6.61 Å². The first-order valence-corrected chi connectivity index (χ1v) is 7.10. The molecule has 0 unspecified atom stereocenters. The Hall–Kier alpha value is -3.15. The number of amides is 1. The Labute approximate surface area is 133 Å². The highest BCUT2D eigenvalue weighted by molar-refractivity contribution is 5.68. The average molecular weight is 309 g/mol. The molecule has 1 amide bonds. The molecule has 3 heterocycles. The summed E-state index contributed by atoms with van der Waals surface area (Å²) in [6, 6.07) is 14.0. The summed E-state index contributed by atoms with van der Waals surface area (Å²) >= 11 is 0. The number of aromatic nitrogens is 2. The van der Waals surface area contributed by atoms with Crippen LogP contribution in [0, 0.1) is 0 Å². The van der Waals surface area contributed by atoms with Crippen molar-refractivity contribution >= 4 is 6.09 Å². The van der Waals surface area contributed by atoms with E-state index in [1.807, 2.05) is 36.4 Å². The van der Waals surface area contributed by atoms with Gasteiger partial charge in [-0.3, -0.25) is 9.97 Å². The van der Waals surface area contributed by atoms with E-state index in [1.54, 1.807) is 24.5 Å². The summed E-state index contributed by atoms with van der Waals surface area (Å²) in [5, 5.41) is 2.78. The molecule has 3 aromatic rings. The lowest BCUT2D eigenvalue weighted by Gasteiger charge is -2.17. The Bertz CT molecular complexity index is 691. The minimum atomic E-state index is -0.567. The molecule has 0 fully saturated rings. The zero-order chi connectivity index (χ0) is 15.9. The van der Waals surface area contributed by atoms with E-state index in [0.717, 1.165) is 0 Å². The lowest BCUT2D eigenvalue weighted by atomic mass is 10.1. The maximum Gasteiger partial charge on any atom is 0.408 e. The second-order valence-electron chi connectivity index (χ2n) is 4.74. The molecule has 0 bridgehead atoms. The second kappa shape index (κ2) is 7.22. The van der Waals surface area contributed by atoms with Crippen molar-refractivity contribution in [1.82, 2.24) is 15.3 Å². The Morgan fingerprint density at radius 2 is 1.74 bits per heavy atom. The maximum atomic E-state index is 12.1. The van der Waals surface area contributed by atoms with Crippen molar-refractivity contribution in [3.8, 4) is 0 Å². The van der Waals surface area contributed by atoms with Gasteiger partial charge in [0.2, 0.25) is 0 Å². The summed E-state index contributed by atoms with van der Waals surface area (Å²) in [7, 11) is 0. The topological polar surface area (TPSA) is 77.2 Å². The fourth-order valence-corrected chi connectivity index (χ4v) is 2.08. The van der Waals surface area contributed by atoms with E-state index < -0.39 is 12.1 Å². The first-order valence-electron chi connectivity index (χ1n) is 7.10. The molecular formula is C17H15N3O3. The molecule has 116 valence electrons. The smallest absolute Gasteiger partial charge is 0.408 e. The first-order chi connectivity index (χ1) is 11.3. The Kier molecular flexibility index (Phi) is 4.63. The number of carbonyl (C=O) groups is 1. The summed E-state index contributed by atoms with van der Waals surface area (Å²) in [5.41, 5.74) is 1.36. The van der Waals surface area contributed by atoms with Gasteiger partial charge in [-0.05, 0) is 36.4 Å². The number of nitrogens with one attached hydrogen (secondary N) is 1. The molecule has 0 atom stereocenters. The maximum absolute atomic E-state index is 12.1. The van der Waals surface area contributed by atoms with Gasteiger partial charge in [-0.25, -0.2) is 4.79 Å². The minimum Gasteiger partial charge on any atom is -0.466 e. The van der Waals surface area contributed by atoms with E-state index in [0.29, 0.717) is 17.1 Å². The quantitative estimate of drug-likeness (QED) is 0.783. The van der Waals surface area contributed by atoms with E-state index in [2.05, 4.69) is 15.3 Å². The van der Waals surface area contributed by atoms with Gasteiger partial charge >= 0.3 is 6.09 Å². The van der Waals surface area contributed by atoms with Gasteiger partial charge in [0, 0.05) is 12.4 Å². The third kappa shape index (κ3) is 3.94. The zero-order valence-electron chi connectivity index (χ0n) is 12.3. The average Bonchev–Trinajstić information content (AvgIpc) is 3.13. The van der Waals surface area contributed by atoms with Crippen LogP contribution >= 0.6 is 0 Å². The highest BCUT2D eigenvalue weighted by Gasteiger charge is 2.20. The van der Waals surface area contributed by atoms with Crippen LogP contribution in [0.5, 0.6) is 0 Å². The van der Waals surface area contributed by atoms with Gasteiger partial charge in [0.05, 0.1) is 17.7 Å². The van der Waals surface area contributed by atoms with Crippen LogP contribution in [-0.4, -0.2) is 16.1 Å². The number of hydrogen-bond acceptors (Lipinski definition) is 5. The summed E-state index contributed by atoms with van der Waals surface area (Å²) in [6.45, 7) is 0.0655. The highest BCUT2D eigenvalue weighted by Crippen LogP contribution is 2.18. The molecule has 0 radical (unpaired) electrons. The van der Waals surface area contributed by atoms with Gasteiger partial charge in [0.15, 0.2) is 6.61 Å². The van der Waals surface area contributed by atoms with Crippen LogP contribution in [0.15, 0.2) is 71.6 Å². The Morgan fingerprint density at radius 3 is 2.26 bits per heavy atom. The SMILES string of the molecule is O=C(NC(c1ccccn1)c1ccccn1)OCc1ccco1. The summed E-state index contributed by atoms with van der Waals surface area (Å²) < 4.78 is 10.3. The fourth-order valence-electron chi connectivity index (χ4n) is 2.08. The molecule has 0 spiro atoms. The Morgan fingerprint density at radius 1 is 1.04 bits per heavy atom. The molecule has 0 aliphatic rings. The molecule has 0 saturated carbocycles. The van der Waals surface area contributed by atoms with Crippen molar-refractivity contribution in [2.24, 2.45) is 0 Å². The molecule has 0 aromatic carbocycles. The lowest BCUT2D eigenvalue weighted by molar-refractivity contribution is 0.128. The second-order valence-corrected chi connectivity index (χ2v) is 4.74. The van der Waals surface area contributed by atoms with Crippen molar-refractivity contribution in [2.75, 3.05) is 0 Å². The van der Waals surface area contributed by atoms with Crippen molar-refractivity contribution < 1.29 is 13.9 Å². The van der Waals surface area contributed by atoms with Gasteiger partial charge in [0.1, 0.15) is 11.8 Å². The number of alkyl carbamates (subject to hydrolysis) is 1. The van der Waals surface area contributed by atoms with E-state index in [9.17, 15) is 4.79 Å². The number of pyridine rings is 2. The van der Waals surface area contributed by atoms with Gasteiger partial charge in [0.25, 0.3) is 0 Å². The Balaban J connectivity index is 1.72. The monoisotopic (exact) mass is 309 g/mol. The molecular weight excluding hydrogens is 294 g/mol. The molecule has 0 saturated heterocycles. The number of hydrogen-bond donors (Lipinski definition) is 1. The van der Waals surface area contributed by atoms with E-state index in [1.165, 1.54) is 6.26 Å².